The molecule has 0 radical (unpaired) electrons. The molecule has 200 valence electrons. The number of rotatable bonds is 8. The van der Waals surface area contributed by atoms with E-state index < -0.39 is 28.7 Å². The van der Waals surface area contributed by atoms with E-state index >= 15 is 0 Å². The average molecular weight is 551 g/mol. The molecule has 12 nitrogen and oxygen atoms in total. The van der Waals surface area contributed by atoms with Crippen molar-refractivity contribution in [3.05, 3.63) is 85.8 Å². The molecule has 1 aliphatic carbocycles. The lowest BCUT2D eigenvalue weighted by molar-refractivity contribution is -0.385. The highest BCUT2D eigenvalue weighted by atomic mass is 32.1. The lowest BCUT2D eigenvalue weighted by atomic mass is 10.1. The fourth-order valence-electron chi connectivity index (χ4n) is 3.88. The van der Waals surface area contributed by atoms with Crippen LogP contribution in [0.3, 0.4) is 0 Å². The Kier molecular flexibility index (Phi) is 8.41. The van der Waals surface area contributed by atoms with Gasteiger partial charge < -0.3 is 14.8 Å². The summed E-state index contributed by atoms with van der Waals surface area (Å²) < 4.78 is 10.3. The molecule has 2 N–H and O–H groups in total. The van der Waals surface area contributed by atoms with Crippen molar-refractivity contribution >= 4 is 52.0 Å². The van der Waals surface area contributed by atoms with Gasteiger partial charge in [0, 0.05) is 10.9 Å². The first kappa shape index (κ1) is 27.1. The van der Waals surface area contributed by atoms with Crippen LogP contribution in [0.4, 0.5) is 10.7 Å². The maximum absolute atomic E-state index is 12.4. The highest BCUT2D eigenvalue weighted by molar-refractivity contribution is 7.17. The number of para-hydroxylation sites is 1. The molecule has 0 saturated carbocycles. The number of anilines is 1. The van der Waals surface area contributed by atoms with Gasteiger partial charge in [0.25, 0.3) is 5.69 Å². The molecule has 39 heavy (non-hydrogen) atoms. The summed E-state index contributed by atoms with van der Waals surface area (Å²) in [5.74, 6) is -3.32. The van der Waals surface area contributed by atoms with E-state index in [4.69, 9.17) is 9.47 Å². The number of ether oxygens (including phenoxy) is 2. The number of carbonyl (C=O) groups is 4. The molecular formula is C26H22N4O8S. The van der Waals surface area contributed by atoms with Gasteiger partial charge in [0.2, 0.25) is 0 Å². The van der Waals surface area contributed by atoms with Crippen molar-refractivity contribution in [2.24, 2.45) is 5.10 Å². The van der Waals surface area contributed by atoms with Gasteiger partial charge in [-0.05, 0) is 67.6 Å². The summed E-state index contributed by atoms with van der Waals surface area (Å²) in [7, 11) is 0. The molecule has 3 aromatic rings. The highest BCUT2D eigenvalue weighted by Gasteiger charge is 2.29. The van der Waals surface area contributed by atoms with Crippen LogP contribution >= 0.6 is 11.3 Å². The van der Waals surface area contributed by atoms with E-state index in [0.717, 1.165) is 23.3 Å². The zero-order chi connectivity index (χ0) is 27.9. The Bertz CT molecular complexity index is 1480. The predicted octanol–water partition coefficient (Wildman–Crippen LogP) is 3.63. The first-order chi connectivity index (χ1) is 18.8. The van der Waals surface area contributed by atoms with Crippen molar-refractivity contribution in [2.75, 3.05) is 11.9 Å². The number of fused-ring (bicyclic) bond motifs is 1. The number of esters is 2. The molecule has 0 unspecified atom stereocenters. The number of hydrogen-bond acceptors (Lipinski definition) is 10. The first-order valence-electron chi connectivity index (χ1n) is 11.8. The van der Waals surface area contributed by atoms with Gasteiger partial charge in [-0.25, -0.2) is 15.0 Å². The van der Waals surface area contributed by atoms with Crippen molar-refractivity contribution in [3.63, 3.8) is 0 Å². The van der Waals surface area contributed by atoms with Crippen molar-refractivity contribution in [1.82, 2.24) is 5.43 Å². The Balaban J connectivity index is 1.34. The van der Waals surface area contributed by atoms with Gasteiger partial charge in [-0.1, -0.05) is 12.1 Å². The Morgan fingerprint density at radius 3 is 2.51 bits per heavy atom. The van der Waals surface area contributed by atoms with Crippen LogP contribution in [-0.2, 0) is 27.2 Å². The standard InChI is InChI=1S/C26H22N4O8S/c1-2-37-26(34)21-18-7-5-9-20(18)39-24(21)28-22(31)23(32)29-27-14-15-10-12-16(13-11-15)38-25(33)17-6-3-4-8-19(17)30(35)36/h3-4,6,8,10-14H,2,5,7,9H2,1H3,(H,28,31)(H,29,32)/b27-14+. The van der Waals surface area contributed by atoms with E-state index in [0.29, 0.717) is 17.5 Å². The predicted molar refractivity (Wildman–Crippen MR) is 141 cm³/mol. The van der Waals surface area contributed by atoms with E-state index in [2.05, 4.69) is 15.8 Å². The number of hydrogen-bond donors (Lipinski definition) is 2. The minimum atomic E-state index is -1.04. The average Bonchev–Trinajstić information content (AvgIpc) is 3.50. The summed E-state index contributed by atoms with van der Waals surface area (Å²) in [4.78, 5) is 60.8. The topological polar surface area (TPSA) is 166 Å². The number of hydrazone groups is 1. The van der Waals surface area contributed by atoms with Gasteiger partial charge in [-0.15, -0.1) is 11.3 Å². The number of carbonyl (C=O) groups excluding carboxylic acids is 4. The van der Waals surface area contributed by atoms with Gasteiger partial charge in [0.1, 0.15) is 16.3 Å². The molecule has 0 bridgehead atoms. The number of nitro groups is 1. The zero-order valence-corrected chi connectivity index (χ0v) is 21.4. The van der Waals surface area contributed by atoms with Gasteiger partial charge in [-0.2, -0.15) is 5.10 Å². The summed E-state index contributed by atoms with van der Waals surface area (Å²) in [5.41, 5.74) is 3.21. The van der Waals surface area contributed by atoms with Gasteiger partial charge in [-0.3, -0.25) is 19.7 Å². The molecule has 1 heterocycles. The van der Waals surface area contributed by atoms with Crippen molar-refractivity contribution in [1.29, 1.82) is 0 Å². The Morgan fingerprint density at radius 1 is 1.05 bits per heavy atom. The molecule has 0 atom stereocenters. The van der Waals surface area contributed by atoms with E-state index in [1.165, 1.54) is 66.1 Å². The number of thiophene rings is 1. The molecule has 0 aliphatic heterocycles. The van der Waals surface area contributed by atoms with Crippen LogP contribution in [0, 0.1) is 10.1 Å². The maximum Gasteiger partial charge on any atom is 0.350 e. The SMILES string of the molecule is CCOC(=O)c1c(NC(=O)C(=O)N/N=C/c2ccc(OC(=O)c3ccccc3[N+](=O)[O-])cc2)sc2c1CCC2. The van der Waals surface area contributed by atoms with Gasteiger partial charge in [0.15, 0.2) is 0 Å². The Hall–Kier alpha value is -4.91. The number of benzene rings is 2. The molecule has 2 amide bonds. The van der Waals surface area contributed by atoms with Crippen LogP contribution in [-0.4, -0.2) is 41.5 Å². The zero-order valence-electron chi connectivity index (χ0n) is 20.6. The molecule has 0 fully saturated rings. The van der Waals surface area contributed by atoms with Crippen LogP contribution in [0.2, 0.25) is 0 Å². The lowest BCUT2D eigenvalue weighted by Gasteiger charge is -2.07. The van der Waals surface area contributed by atoms with Gasteiger partial charge in [0.05, 0.1) is 23.3 Å². The van der Waals surface area contributed by atoms with Crippen LogP contribution in [0.1, 0.15) is 50.1 Å². The normalized spacial score (nSPS) is 12.0. The third kappa shape index (κ3) is 6.33. The third-order valence-electron chi connectivity index (χ3n) is 5.63. The monoisotopic (exact) mass is 550 g/mol. The number of aryl methyl sites for hydroxylation is 1. The molecule has 0 saturated heterocycles. The summed E-state index contributed by atoms with van der Waals surface area (Å²) in [6.07, 6.45) is 3.68. The quantitative estimate of drug-likeness (QED) is 0.107. The maximum atomic E-state index is 12.4. The van der Waals surface area contributed by atoms with E-state index in [9.17, 15) is 29.3 Å². The fourth-order valence-corrected chi connectivity index (χ4v) is 5.15. The number of amides is 2. The number of nitro benzene ring substituents is 1. The van der Waals surface area contributed by atoms with Crippen LogP contribution in [0.25, 0.3) is 0 Å². The second kappa shape index (κ2) is 12.1. The lowest BCUT2D eigenvalue weighted by Crippen LogP contribution is -2.32. The second-order valence-electron chi connectivity index (χ2n) is 8.17. The van der Waals surface area contributed by atoms with Crippen molar-refractivity contribution in [2.45, 2.75) is 26.2 Å². The molecular weight excluding hydrogens is 528 g/mol. The Labute approximate surface area is 225 Å². The number of nitrogens with one attached hydrogen (secondary N) is 2. The van der Waals surface area contributed by atoms with Crippen LogP contribution in [0.15, 0.2) is 53.6 Å². The second-order valence-corrected chi connectivity index (χ2v) is 9.27. The highest BCUT2D eigenvalue weighted by Crippen LogP contribution is 2.39. The summed E-state index contributed by atoms with van der Waals surface area (Å²) in [5, 5.41) is 17.6. The Morgan fingerprint density at radius 2 is 1.79 bits per heavy atom. The summed E-state index contributed by atoms with van der Waals surface area (Å²) in [6, 6.07) is 11.4. The minimum Gasteiger partial charge on any atom is -0.462 e. The smallest absolute Gasteiger partial charge is 0.350 e. The first-order valence-corrected chi connectivity index (χ1v) is 12.6. The summed E-state index contributed by atoms with van der Waals surface area (Å²) >= 11 is 1.25. The van der Waals surface area contributed by atoms with Crippen LogP contribution in [0.5, 0.6) is 5.75 Å². The van der Waals surface area contributed by atoms with E-state index in [-0.39, 0.29) is 28.6 Å². The number of nitrogens with zero attached hydrogens (tertiary/aromatic N) is 2. The fraction of sp³-hybridized carbons (Fsp3) is 0.192. The largest absolute Gasteiger partial charge is 0.462 e. The van der Waals surface area contributed by atoms with E-state index in [1.807, 2.05) is 0 Å². The molecule has 0 spiro atoms. The van der Waals surface area contributed by atoms with Crippen molar-refractivity contribution in [3.8, 4) is 5.75 Å². The molecule has 4 rings (SSSR count). The molecule has 1 aromatic heterocycles. The molecule has 13 heteroatoms. The molecule has 1 aliphatic rings. The van der Waals surface area contributed by atoms with Crippen molar-refractivity contribution < 1.29 is 33.6 Å². The van der Waals surface area contributed by atoms with Crippen LogP contribution < -0.4 is 15.5 Å². The minimum absolute atomic E-state index is 0.138. The van der Waals surface area contributed by atoms with E-state index in [1.54, 1.807) is 6.92 Å². The molecule has 2 aromatic carbocycles. The van der Waals surface area contributed by atoms with Gasteiger partial charge >= 0.3 is 23.8 Å². The summed E-state index contributed by atoms with van der Waals surface area (Å²) in [6.45, 7) is 1.87. The third-order valence-corrected chi connectivity index (χ3v) is 6.83.